The first-order valence-electron chi connectivity index (χ1n) is 10.1. The van der Waals surface area contributed by atoms with Gasteiger partial charge in [-0.05, 0) is 55.8 Å². The third-order valence-corrected chi connectivity index (χ3v) is 4.48. The third-order valence-electron chi connectivity index (χ3n) is 4.48. The molecule has 2 aromatic heterocycles. The van der Waals surface area contributed by atoms with Crippen LogP contribution >= 0.6 is 0 Å². The highest BCUT2D eigenvalue weighted by molar-refractivity contribution is 5.79. The van der Waals surface area contributed by atoms with Crippen LogP contribution in [-0.2, 0) is 6.54 Å². The second-order valence-corrected chi connectivity index (χ2v) is 6.65. The van der Waals surface area contributed by atoms with Gasteiger partial charge in [-0.25, -0.2) is 14.4 Å². The molecule has 0 saturated carbocycles. The van der Waals surface area contributed by atoms with Gasteiger partial charge in [0.05, 0.1) is 25.1 Å². The van der Waals surface area contributed by atoms with Crippen LogP contribution in [0.4, 0.5) is 10.3 Å². The maximum atomic E-state index is 13.1. The topological polar surface area (TPSA) is 82.1 Å². The van der Waals surface area contributed by atoms with E-state index in [2.05, 4.69) is 25.3 Å². The van der Waals surface area contributed by atoms with E-state index in [9.17, 15) is 4.39 Å². The maximum absolute atomic E-state index is 13.1. The molecule has 8 heteroatoms. The van der Waals surface area contributed by atoms with Crippen molar-refractivity contribution < 1.29 is 13.9 Å². The molecule has 0 saturated heterocycles. The van der Waals surface area contributed by atoms with Gasteiger partial charge in [-0.2, -0.15) is 9.97 Å². The molecule has 0 fully saturated rings. The standard InChI is InChI=1S/C23H22FN5O2/c1-3-30-18-11-7-16(8-12-18)19-14-25-21-20(27-19)22(31-4-2)29-23(28-21)26-13-15-5-9-17(24)10-6-15/h5-12,14H,3-4,13H2,1-2H3,(H,25,26,28,29). The van der Waals surface area contributed by atoms with E-state index >= 15 is 0 Å². The van der Waals surface area contributed by atoms with Gasteiger partial charge in [0.15, 0.2) is 11.2 Å². The Kier molecular flexibility index (Phi) is 6.16. The van der Waals surface area contributed by atoms with Gasteiger partial charge in [0.25, 0.3) is 0 Å². The second kappa shape index (κ2) is 9.34. The number of nitrogens with zero attached hydrogens (tertiary/aromatic N) is 4. The molecule has 0 amide bonds. The summed E-state index contributed by atoms with van der Waals surface area (Å²) in [6, 6.07) is 13.9. The van der Waals surface area contributed by atoms with Crippen LogP contribution in [0.2, 0.25) is 0 Å². The number of hydrogen-bond acceptors (Lipinski definition) is 7. The molecule has 0 bridgehead atoms. The zero-order valence-electron chi connectivity index (χ0n) is 17.3. The molecular formula is C23H22FN5O2. The van der Waals surface area contributed by atoms with Crippen LogP contribution in [0.1, 0.15) is 19.4 Å². The summed E-state index contributed by atoms with van der Waals surface area (Å²) in [5, 5.41) is 3.13. The van der Waals surface area contributed by atoms with Crippen LogP contribution < -0.4 is 14.8 Å². The van der Waals surface area contributed by atoms with Gasteiger partial charge in [0.1, 0.15) is 11.6 Å². The Hall–Kier alpha value is -3.81. The normalized spacial score (nSPS) is 10.8. The van der Waals surface area contributed by atoms with Crippen LogP contribution in [0, 0.1) is 5.82 Å². The van der Waals surface area contributed by atoms with Gasteiger partial charge in [-0.15, -0.1) is 0 Å². The highest BCUT2D eigenvalue weighted by Gasteiger charge is 2.13. The van der Waals surface area contributed by atoms with Gasteiger partial charge < -0.3 is 14.8 Å². The number of halogens is 1. The predicted molar refractivity (Wildman–Crippen MR) is 117 cm³/mol. The minimum absolute atomic E-state index is 0.275. The van der Waals surface area contributed by atoms with E-state index in [1.54, 1.807) is 18.3 Å². The summed E-state index contributed by atoms with van der Waals surface area (Å²) in [4.78, 5) is 18.1. The number of ether oxygens (including phenoxy) is 2. The van der Waals surface area contributed by atoms with Crippen molar-refractivity contribution in [2.75, 3.05) is 18.5 Å². The Labute approximate surface area is 179 Å². The zero-order valence-corrected chi connectivity index (χ0v) is 17.3. The van der Waals surface area contributed by atoms with Crippen molar-refractivity contribution in [3.63, 3.8) is 0 Å². The second-order valence-electron chi connectivity index (χ2n) is 6.65. The summed E-state index contributed by atoms with van der Waals surface area (Å²) in [5.74, 6) is 1.25. The molecule has 0 aliphatic rings. The van der Waals surface area contributed by atoms with E-state index in [0.29, 0.717) is 48.4 Å². The summed E-state index contributed by atoms with van der Waals surface area (Å²) < 4.78 is 24.3. The van der Waals surface area contributed by atoms with E-state index in [1.807, 2.05) is 38.1 Å². The lowest BCUT2D eigenvalue weighted by atomic mass is 10.1. The molecule has 7 nitrogen and oxygen atoms in total. The third kappa shape index (κ3) is 4.85. The van der Waals surface area contributed by atoms with E-state index < -0.39 is 0 Å². The number of fused-ring (bicyclic) bond motifs is 1. The Morgan fingerprint density at radius 1 is 0.871 bits per heavy atom. The summed E-state index contributed by atoms with van der Waals surface area (Å²) >= 11 is 0. The SMILES string of the molecule is CCOc1ccc(-c2cnc3nc(NCc4ccc(F)cc4)nc(OCC)c3n2)cc1. The van der Waals surface area contributed by atoms with Crippen molar-refractivity contribution in [2.45, 2.75) is 20.4 Å². The summed E-state index contributed by atoms with van der Waals surface area (Å²) in [6.07, 6.45) is 1.67. The lowest BCUT2D eigenvalue weighted by Gasteiger charge is -2.11. The lowest BCUT2D eigenvalue weighted by molar-refractivity contribution is 0.330. The van der Waals surface area contributed by atoms with Crippen LogP contribution in [0.25, 0.3) is 22.4 Å². The summed E-state index contributed by atoms with van der Waals surface area (Å²) in [5.41, 5.74) is 3.40. The smallest absolute Gasteiger partial charge is 0.247 e. The van der Waals surface area contributed by atoms with Gasteiger partial charge in [0.2, 0.25) is 11.8 Å². The number of hydrogen-bond donors (Lipinski definition) is 1. The van der Waals surface area contributed by atoms with E-state index in [1.165, 1.54) is 12.1 Å². The lowest BCUT2D eigenvalue weighted by Crippen LogP contribution is -2.07. The summed E-state index contributed by atoms with van der Waals surface area (Å²) in [6.45, 7) is 5.30. The largest absolute Gasteiger partial charge is 0.494 e. The minimum atomic E-state index is -0.275. The number of aromatic nitrogens is 4. The molecule has 0 radical (unpaired) electrons. The highest BCUT2D eigenvalue weighted by Crippen LogP contribution is 2.26. The van der Waals surface area contributed by atoms with E-state index in [0.717, 1.165) is 16.9 Å². The van der Waals surface area contributed by atoms with Crippen molar-refractivity contribution in [3.8, 4) is 22.9 Å². The van der Waals surface area contributed by atoms with Crippen LogP contribution in [0.5, 0.6) is 11.6 Å². The van der Waals surface area contributed by atoms with Crippen molar-refractivity contribution in [3.05, 3.63) is 66.1 Å². The maximum Gasteiger partial charge on any atom is 0.247 e. The predicted octanol–water partition coefficient (Wildman–Crippen LogP) is 4.64. The molecule has 4 rings (SSSR count). The number of benzene rings is 2. The van der Waals surface area contributed by atoms with Gasteiger partial charge in [-0.1, -0.05) is 12.1 Å². The number of anilines is 1. The fourth-order valence-corrected chi connectivity index (χ4v) is 3.01. The molecule has 2 aromatic carbocycles. The monoisotopic (exact) mass is 419 g/mol. The molecule has 2 heterocycles. The first kappa shape index (κ1) is 20.5. The number of rotatable bonds is 8. The highest BCUT2D eigenvalue weighted by atomic mass is 19.1. The quantitative estimate of drug-likeness (QED) is 0.446. The van der Waals surface area contributed by atoms with Crippen molar-refractivity contribution >= 4 is 17.1 Å². The molecular weight excluding hydrogens is 397 g/mol. The molecule has 0 atom stereocenters. The van der Waals surface area contributed by atoms with Crippen LogP contribution in [-0.4, -0.2) is 33.1 Å². The average molecular weight is 419 g/mol. The first-order chi connectivity index (χ1) is 15.2. The Morgan fingerprint density at radius 2 is 1.61 bits per heavy atom. The zero-order chi connectivity index (χ0) is 21.6. The molecule has 4 aromatic rings. The fourth-order valence-electron chi connectivity index (χ4n) is 3.01. The van der Waals surface area contributed by atoms with Crippen molar-refractivity contribution in [1.29, 1.82) is 0 Å². The van der Waals surface area contributed by atoms with Gasteiger partial charge in [-0.3, -0.25) is 0 Å². The van der Waals surface area contributed by atoms with E-state index in [-0.39, 0.29) is 5.82 Å². The van der Waals surface area contributed by atoms with Crippen molar-refractivity contribution in [1.82, 2.24) is 19.9 Å². The Morgan fingerprint density at radius 3 is 2.32 bits per heavy atom. The number of nitrogens with one attached hydrogen (secondary N) is 1. The fraction of sp³-hybridized carbons (Fsp3) is 0.217. The molecule has 1 N–H and O–H groups in total. The molecule has 0 unspecified atom stereocenters. The molecule has 0 spiro atoms. The van der Waals surface area contributed by atoms with Crippen LogP contribution in [0.15, 0.2) is 54.7 Å². The van der Waals surface area contributed by atoms with Crippen LogP contribution in [0.3, 0.4) is 0 Å². The van der Waals surface area contributed by atoms with E-state index in [4.69, 9.17) is 9.47 Å². The minimum Gasteiger partial charge on any atom is -0.494 e. The van der Waals surface area contributed by atoms with Gasteiger partial charge >= 0.3 is 0 Å². The average Bonchev–Trinajstić information content (AvgIpc) is 2.79. The molecule has 0 aliphatic heterocycles. The molecule has 158 valence electrons. The summed E-state index contributed by atoms with van der Waals surface area (Å²) in [7, 11) is 0. The molecule has 0 aliphatic carbocycles. The van der Waals surface area contributed by atoms with Crippen molar-refractivity contribution in [2.24, 2.45) is 0 Å². The Bertz CT molecular complexity index is 1170. The molecule has 31 heavy (non-hydrogen) atoms. The van der Waals surface area contributed by atoms with Gasteiger partial charge in [0, 0.05) is 12.1 Å². The Balaban J connectivity index is 1.62. The first-order valence-corrected chi connectivity index (χ1v) is 10.1.